The molecule has 3 heteroatoms. The zero-order valence-corrected chi connectivity index (χ0v) is 29.6. The molecule has 0 amide bonds. The molecule has 0 N–H and O–H groups in total. The largest absolute Gasteiger partial charge is 0.298 e. The van der Waals surface area contributed by atoms with E-state index in [-0.39, 0.29) is 5.66 Å². The molecule has 6 rings (SSSR count). The molecule has 1 aromatic heterocycles. The lowest BCUT2D eigenvalue weighted by Gasteiger charge is -2.33. The molecule has 1 heterocycles. The van der Waals surface area contributed by atoms with Gasteiger partial charge in [-0.3, -0.25) is 9.13 Å². The lowest BCUT2D eigenvalue weighted by atomic mass is 10.0. The summed E-state index contributed by atoms with van der Waals surface area (Å²) < 4.78 is 4.69. The second-order valence-electron chi connectivity index (χ2n) is 13.1. The minimum atomic E-state index is -0.982. The minimum absolute atomic E-state index is 0.138. The lowest BCUT2D eigenvalue weighted by Crippen LogP contribution is -2.47. The molecule has 0 bridgehead atoms. The summed E-state index contributed by atoms with van der Waals surface area (Å²) in [5.74, 6) is 0. The third-order valence-electron chi connectivity index (χ3n) is 9.03. The third kappa shape index (κ3) is 6.00. The van der Waals surface area contributed by atoms with E-state index in [9.17, 15) is 0 Å². The standard InChI is InChI=1S/C43H45N2P/c1-28-20-31(4)40(32(5)21-28)44-26-39(45(27-44)41-33(6)22-29(2)23-34(41)7)46(42-35(8)24-30(3)25-36(42)9)43(37-16-12-10-13-17-37)38-18-14-11-15-19-38/h10-26,43H,1-9H3. The first-order chi connectivity index (χ1) is 22.0. The van der Waals surface area contributed by atoms with Crippen molar-refractivity contribution >= 4 is 18.7 Å². The van der Waals surface area contributed by atoms with Gasteiger partial charge in [0.2, 0.25) is 0 Å². The fraction of sp³-hybridized carbons (Fsp3) is 0.233. The molecule has 0 radical (unpaired) electrons. The predicted molar refractivity (Wildman–Crippen MR) is 196 cm³/mol. The summed E-state index contributed by atoms with van der Waals surface area (Å²) in [5.41, 5.74) is 18.1. The molecule has 1 atom stereocenters. The van der Waals surface area contributed by atoms with Gasteiger partial charge in [0.25, 0.3) is 6.33 Å². The van der Waals surface area contributed by atoms with Crippen molar-refractivity contribution in [2.75, 3.05) is 0 Å². The highest BCUT2D eigenvalue weighted by molar-refractivity contribution is 7.73. The maximum Gasteiger partial charge on any atom is 0.269 e. The summed E-state index contributed by atoms with van der Waals surface area (Å²) in [7, 11) is -0.982. The highest BCUT2D eigenvalue weighted by Crippen LogP contribution is 2.54. The summed E-state index contributed by atoms with van der Waals surface area (Å²) in [6.45, 7) is 20.1. The lowest BCUT2D eigenvalue weighted by molar-refractivity contribution is -0.581. The van der Waals surface area contributed by atoms with Crippen LogP contribution in [-0.4, -0.2) is 4.57 Å². The number of nitrogens with zero attached hydrogens (tertiary/aromatic N) is 2. The van der Waals surface area contributed by atoms with Crippen LogP contribution >= 0.6 is 7.92 Å². The fourth-order valence-electron chi connectivity index (χ4n) is 7.58. The van der Waals surface area contributed by atoms with Crippen molar-refractivity contribution in [2.24, 2.45) is 0 Å². The first-order valence-electron chi connectivity index (χ1n) is 16.2. The Kier molecular flexibility index (Phi) is 8.86. The van der Waals surface area contributed by atoms with Gasteiger partial charge in [0.1, 0.15) is 0 Å². The van der Waals surface area contributed by atoms with E-state index < -0.39 is 7.92 Å². The Bertz CT molecular complexity index is 1930. The number of aromatic nitrogens is 2. The molecule has 0 saturated heterocycles. The van der Waals surface area contributed by atoms with E-state index in [1.54, 1.807) is 0 Å². The van der Waals surface area contributed by atoms with Crippen LogP contribution in [0.2, 0.25) is 0 Å². The Morgan fingerprint density at radius 1 is 0.543 bits per heavy atom. The Balaban J connectivity index is 1.77. The Morgan fingerprint density at radius 3 is 1.41 bits per heavy atom. The molecule has 46 heavy (non-hydrogen) atoms. The van der Waals surface area contributed by atoms with Crippen LogP contribution in [0.1, 0.15) is 66.9 Å². The van der Waals surface area contributed by atoms with Crippen molar-refractivity contribution in [1.82, 2.24) is 4.57 Å². The Labute approximate surface area is 277 Å². The van der Waals surface area contributed by atoms with Crippen molar-refractivity contribution in [3.8, 4) is 11.4 Å². The first-order valence-corrected chi connectivity index (χ1v) is 17.6. The van der Waals surface area contributed by atoms with Gasteiger partial charge in [-0.2, -0.15) is 0 Å². The van der Waals surface area contributed by atoms with Gasteiger partial charge in [0.15, 0.2) is 0 Å². The van der Waals surface area contributed by atoms with Crippen molar-refractivity contribution in [3.05, 3.63) is 171 Å². The van der Waals surface area contributed by atoms with Crippen LogP contribution in [0.3, 0.4) is 0 Å². The first kappa shape index (κ1) is 31.7. The zero-order chi connectivity index (χ0) is 32.7. The van der Waals surface area contributed by atoms with E-state index in [0.29, 0.717) is 0 Å². The van der Waals surface area contributed by atoms with Crippen LogP contribution in [0.4, 0.5) is 0 Å². The SMILES string of the molecule is Cc1cc(C)c(-n2[c-][n+](-c3c(C)cc(C)cc3C)c(P(c3c(C)cc(C)cc3C)C(c3ccccc3)c3ccccc3)c2)c(C)c1. The maximum atomic E-state index is 3.92. The zero-order valence-electron chi connectivity index (χ0n) is 28.7. The highest BCUT2D eigenvalue weighted by atomic mass is 31.1. The van der Waals surface area contributed by atoms with Crippen LogP contribution in [0, 0.1) is 68.6 Å². The van der Waals surface area contributed by atoms with Crippen LogP contribution in [0.5, 0.6) is 0 Å². The third-order valence-corrected chi connectivity index (χ3v) is 12.1. The quantitative estimate of drug-likeness (QED) is 0.0955. The van der Waals surface area contributed by atoms with Gasteiger partial charge in [0, 0.05) is 11.9 Å². The average Bonchev–Trinajstić information content (AvgIpc) is 3.39. The number of imidazole rings is 1. The smallest absolute Gasteiger partial charge is 0.269 e. The van der Waals surface area contributed by atoms with Gasteiger partial charge in [-0.05, 0) is 120 Å². The molecule has 6 aromatic rings. The number of rotatable bonds is 7. The van der Waals surface area contributed by atoms with E-state index in [0.717, 1.165) is 0 Å². The molecule has 0 fully saturated rings. The average molecular weight is 621 g/mol. The minimum Gasteiger partial charge on any atom is -0.298 e. The van der Waals surface area contributed by atoms with Crippen molar-refractivity contribution < 1.29 is 4.57 Å². The second kappa shape index (κ2) is 12.9. The summed E-state index contributed by atoms with van der Waals surface area (Å²) in [5, 5.41) is 1.44. The van der Waals surface area contributed by atoms with Gasteiger partial charge in [-0.25, -0.2) is 0 Å². The van der Waals surface area contributed by atoms with Gasteiger partial charge in [0.05, 0.1) is 16.8 Å². The molecular weight excluding hydrogens is 575 g/mol. The molecule has 0 aliphatic rings. The van der Waals surface area contributed by atoms with E-state index in [4.69, 9.17) is 0 Å². The maximum absolute atomic E-state index is 3.92. The molecule has 0 spiro atoms. The second-order valence-corrected chi connectivity index (χ2v) is 15.3. The molecule has 1 unspecified atom stereocenters. The number of aryl methyl sites for hydroxylation is 9. The molecule has 0 aliphatic carbocycles. The van der Waals surface area contributed by atoms with Crippen molar-refractivity contribution in [2.45, 2.75) is 68.0 Å². The van der Waals surface area contributed by atoms with Gasteiger partial charge in [-0.1, -0.05) is 114 Å². The van der Waals surface area contributed by atoms with Crippen LogP contribution in [0.15, 0.2) is 103 Å². The highest BCUT2D eigenvalue weighted by Gasteiger charge is 2.34. The molecule has 5 aromatic carbocycles. The number of benzene rings is 5. The van der Waals surface area contributed by atoms with E-state index in [1.165, 1.54) is 83.3 Å². The Morgan fingerprint density at radius 2 is 0.957 bits per heavy atom. The summed E-state index contributed by atoms with van der Waals surface area (Å²) >= 11 is 0. The van der Waals surface area contributed by atoms with Gasteiger partial charge in [-0.15, -0.1) is 0 Å². The Hall–Kier alpha value is -4.26. The molecule has 2 nitrogen and oxygen atoms in total. The van der Waals surface area contributed by atoms with Crippen LogP contribution < -0.4 is 15.3 Å². The fourth-order valence-corrected chi connectivity index (χ4v) is 10.8. The van der Waals surface area contributed by atoms with E-state index >= 15 is 0 Å². The molecule has 232 valence electrons. The van der Waals surface area contributed by atoms with E-state index in [1.807, 2.05) is 0 Å². The van der Waals surface area contributed by atoms with Gasteiger partial charge < -0.3 is 0 Å². The number of hydrogen-bond donors (Lipinski definition) is 0. The molecular formula is C43H45N2P. The van der Waals surface area contributed by atoms with Crippen LogP contribution in [0.25, 0.3) is 11.4 Å². The van der Waals surface area contributed by atoms with Gasteiger partial charge >= 0.3 is 0 Å². The topological polar surface area (TPSA) is 8.81 Å². The molecule has 0 aliphatic heterocycles. The number of hydrogen-bond acceptors (Lipinski definition) is 0. The summed E-state index contributed by atoms with van der Waals surface area (Å²) in [4.78, 5) is 0. The van der Waals surface area contributed by atoms with Crippen molar-refractivity contribution in [3.63, 3.8) is 0 Å². The van der Waals surface area contributed by atoms with Crippen molar-refractivity contribution in [1.29, 1.82) is 0 Å². The monoisotopic (exact) mass is 620 g/mol. The van der Waals surface area contributed by atoms with E-state index in [2.05, 4.69) is 181 Å². The summed E-state index contributed by atoms with van der Waals surface area (Å²) in [6.07, 6.45) is 6.32. The molecule has 0 saturated carbocycles. The normalized spacial score (nSPS) is 12.1. The summed E-state index contributed by atoms with van der Waals surface area (Å²) in [6, 6.07) is 36.2. The van der Waals surface area contributed by atoms with Crippen LogP contribution in [-0.2, 0) is 0 Å². The predicted octanol–water partition coefficient (Wildman–Crippen LogP) is 9.55.